The first-order chi connectivity index (χ1) is 10.1. The fourth-order valence-electron chi connectivity index (χ4n) is 2.48. The number of halogens is 4. The molecule has 3 N–H and O–H groups in total. The molecule has 1 aliphatic rings. The van der Waals surface area contributed by atoms with Crippen LogP contribution in [-0.4, -0.2) is 16.0 Å². The summed E-state index contributed by atoms with van der Waals surface area (Å²) in [7, 11) is 0. The Balaban J connectivity index is 0.00000132. The Labute approximate surface area is 151 Å². The van der Waals surface area contributed by atoms with Crippen LogP contribution in [0, 0.1) is 5.82 Å². The highest BCUT2D eigenvalue weighted by molar-refractivity contribution is 6.31. The number of nitrogens with two attached hydrogens (primary N) is 1. The normalized spacial score (nSPS) is 19.1. The van der Waals surface area contributed by atoms with Gasteiger partial charge in [0.05, 0.1) is 0 Å². The third-order valence-electron chi connectivity index (χ3n) is 3.79. The van der Waals surface area contributed by atoms with Crippen LogP contribution in [0.2, 0.25) is 5.02 Å². The van der Waals surface area contributed by atoms with Gasteiger partial charge in [-0.1, -0.05) is 17.7 Å². The van der Waals surface area contributed by atoms with Crippen LogP contribution in [0.15, 0.2) is 30.6 Å². The fraction of sp³-hybridized carbons (Fsp3) is 0.333. The maximum atomic E-state index is 13.7. The van der Waals surface area contributed by atoms with Gasteiger partial charge in [-0.15, -0.1) is 24.8 Å². The Morgan fingerprint density at radius 3 is 2.65 bits per heavy atom. The minimum absolute atomic E-state index is 0. The maximum absolute atomic E-state index is 13.7. The summed E-state index contributed by atoms with van der Waals surface area (Å²) in [6.45, 7) is 0.284. The Morgan fingerprint density at radius 1 is 1.26 bits per heavy atom. The Kier molecular flexibility index (Phi) is 7.48. The number of benzene rings is 1. The van der Waals surface area contributed by atoms with Crippen LogP contribution in [0.5, 0.6) is 0 Å². The number of aromatic nitrogens is 2. The molecule has 1 fully saturated rings. The van der Waals surface area contributed by atoms with Crippen molar-refractivity contribution < 1.29 is 4.39 Å². The number of nitrogens with zero attached hydrogens (tertiary/aromatic N) is 2. The maximum Gasteiger partial charge on any atom is 0.129 e. The summed E-state index contributed by atoms with van der Waals surface area (Å²) in [5, 5.41) is 3.49. The molecule has 0 bridgehead atoms. The standard InChI is InChI=1S/C15H16ClFN4.2ClH/c16-12-2-1-3-13(17)11(12)7-19-15-6-14(20-8-21-15)9-4-10(18)5-9;;/h1-3,6,8-10H,4-5,7,18H2,(H,19,20,21);2*1H. The largest absolute Gasteiger partial charge is 0.366 e. The molecule has 0 atom stereocenters. The van der Waals surface area contributed by atoms with E-state index in [-0.39, 0.29) is 43.2 Å². The van der Waals surface area contributed by atoms with Gasteiger partial charge in [0.1, 0.15) is 18.0 Å². The SMILES string of the molecule is Cl.Cl.NC1CC(c2cc(NCc3c(F)cccc3Cl)ncn2)C1. The lowest BCUT2D eigenvalue weighted by molar-refractivity contribution is 0.345. The summed E-state index contributed by atoms with van der Waals surface area (Å²) in [6, 6.07) is 6.82. The smallest absolute Gasteiger partial charge is 0.129 e. The summed E-state index contributed by atoms with van der Waals surface area (Å²) in [6.07, 6.45) is 3.43. The van der Waals surface area contributed by atoms with Gasteiger partial charge in [0, 0.05) is 40.9 Å². The molecule has 23 heavy (non-hydrogen) atoms. The molecule has 8 heteroatoms. The predicted octanol–water partition coefficient (Wildman–Crippen LogP) is 3.93. The Hall–Kier alpha value is -1.14. The quantitative estimate of drug-likeness (QED) is 0.845. The van der Waals surface area contributed by atoms with Crippen molar-refractivity contribution in [3.63, 3.8) is 0 Å². The minimum atomic E-state index is -0.325. The van der Waals surface area contributed by atoms with E-state index in [4.69, 9.17) is 17.3 Å². The lowest BCUT2D eigenvalue weighted by Gasteiger charge is -2.31. The van der Waals surface area contributed by atoms with Gasteiger partial charge in [-0.3, -0.25) is 0 Å². The van der Waals surface area contributed by atoms with Crippen molar-refractivity contribution in [2.45, 2.75) is 31.3 Å². The van der Waals surface area contributed by atoms with Gasteiger partial charge >= 0.3 is 0 Å². The zero-order chi connectivity index (χ0) is 14.8. The lowest BCUT2D eigenvalue weighted by atomic mass is 9.79. The molecule has 1 aliphatic carbocycles. The van der Waals surface area contributed by atoms with Crippen molar-refractivity contribution in [1.29, 1.82) is 0 Å². The van der Waals surface area contributed by atoms with E-state index in [2.05, 4.69) is 15.3 Å². The molecular weight excluding hydrogens is 362 g/mol. The average Bonchev–Trinajstić information content (AvgIpc) is 2.44. The molecule has 0 amide bonds. The second-order valence-electron chi connectivity index (χ2n) is 5.31. The molecule has 0 aliphatic heterocycles. The van der Waals surface area contributed by atoms with Crippen LogP contribution in [0.3, 0.4) is 0 Å². The predicted molar refractivity (Wildman–Crippen MR) is 95.2 cm³/mol. The van der Waals surface area contributed by atoms with Crippen molar-refractivity contribution in [2.24, 2.45) is 5.73 Å². The van der Waals surface area contributed by atoms with Crippen molar-refractivity contribution >= 4 is 42.2 Å². The molecule has 0 spiro atoms. The van der Waals surface area contributed by atoms with Crippen molar-refractivity contribution in [2.75, 3.05) is 5.32 Å². The first kappa shape index (κ1) is 19.9. The molecule has 3 rings (SSSR count). The monoisotopic (exact) mass is 378 g/mol. The summed E-state index contributed by atoms with van der Waals surface area (Å²) in [4.78, 5) is 8.43. The zero-order valence-electron chi connectivity index (χ0n) is 12.2. The van der Waals surface area contributed by atoms with Crippen molar-refractivity contribution in [3.05, 3.63) is 52.7 Å². The fourth-order valence-corrected chi connectivity index (χ4v) is 2.71. The van der Waals surface area contributed by atoms with E-state index in [9.17, 15) is 4.39 Å². The van der Waals surface area contributed by atoms with Crippen LogP contribution in [0.25, 0.3) is 0 Å². The van der Waals surface area contributed by atoms with Crippen molar-refractivity contribution in [3.8, 4) is 0 Å². The second kappa shape index (κ2) is 8.64. The highest BCUT2D eigenvalue weighted by atomic mass is 35.5. The van der Waals surface area contributed by atoms with E-state index in [0.717, 1.165) is 18.5 Å². The van der Waals surface area contributed by atoms with Crippen molar-refractivity contribution in [1.82, 2.24) is 9.97 Å². The molecule has 1 aromatic heterocycles. The number of hydrogen-bond acceptors (Lipinski definition) is 4. The highest BCUT2D eigenvalue weighted by Gasteiger charge is 2.28. The second-order valence-corrected chi connectivity index (χ2v) is 5.72. The van der Waals surface area contributed by atoms with Crippen LogP contribution < -0.4 is 11.1 Å². The highest BCUT2D eigenvalue weighted by Crippen LogP contribution is 2.34. The third-order valence-corrected chi connectivity index (χ3v) is 4.14. The molecule has 1 aromatic carbocycles. The molecule has 0 unspecified atom stereocenters. The number of nitrogens with one attached hydrogen (secondary N) is 1. The van der Waals surface area contributed by atoms with E-state index >= 15 is 0 Å². The first-order valence-corrected chi connectivity index (χ1v) is 7.25. The van der Waals surface area contributed by atoms with Gasteiger partial charge in [-0.25, -0.2) is 14.4 Å². The molecule has 1 saturated carbocycles. The minimum Gasteiger partial charge on any atom is -0.366 e. The summed E-state index contributed by atoms with van der Waals surface area (Å²) < 4.78 is 13.7. The van der Waals surface area contributed by atoms with E-state index < -0.39 is 0 Å². The van der Waals surface area contributed by atoms with E-state index in [1.165, 1.54) is 12.4 Å². The van der Waals surface area contributed by atoms with Gasteiger partial charge < -0.3 is 11.1 Å². The first-order valence-electron chi connectivity index (χ1n) is 6.88. The summed E-state index contributed by atoms with van der Waals surface area (Å²) >= 11 is 6.00. The summed E-state index contributed by atoms with van der Waals surface area (Å²) in [5.41, 5.74) is 7.21. The molecule has 1 heterocycles. The molecular formula is C15H18Cl3FN4. The van der Waals surface area contributed by atoms with E-state index in [1.54, 1.807) is 12.1 Å². The van der Waals surface area contributed by atoms with Crippen LogP contribution in [-0.2, 0) is 6.54 Å². The number of rotatable bonds is 4. The number of anilines is 1. The van der Waals surface area contributed by atoms with Gasteiger partial charge in [-0.2, -0.15) is 0 Å². The topological polar surface area (TPSA) is 63.8 Å². The average molecular weight is 380 g/mol. The van der Waals surface area contributed by atoms with Gasteiger partial charge in [0.2, 0.25) is 0 Å². The molecule has 4 nitrogen and oxygen atoms in total. The van der Waals surface area contributed by atoms with Crippen LogP contribution in [0.4, 0.5) is 10.2 Å². The molecule has 2 aromatic rings. The van der Waals surface area contributed by atoms with Gasteiger partial charge in [0.25, 0.3) is 0 Å². The molecule has 0 saturated heterocycles. The molecule has 126 valence electrons. The van der Waals surface area contributed by atoms with E-state index in [0.29, 0.717) is 22.3 Å². The van der Waals surface area contributed by atoms with Crippen LogP contribution in [0.1, 0.15) is 30.0 Å². The zero-order valence-corrected chi connectivity index (χ0v) is 14.6. The molecule has 0 radical (unpaired) electrons. The van der Waals surface area contributed by atoms with Crippen LogP contribution >= 0.6 is 36.4 Å². The Morgan fingerprint density at radius 2 is 2.00 bits per heavy atom. The lowest BCUT2D eigenvalue weighted by Crippen LogP contribution is -2.35. The summed E-state index contributed by atoms with van der Waals surface area (Å²) in [5.74, 6) is 0.745. The Bertz CT molecular complexity index is 630. The van der Waals surface area contributed by atoms with Gasteiger partial charge in [-0.05, 0) is 25.0 Å². The van der Waals surface area contributed by atoms with E-state index in [1.807, 2.05) is 6.07 Å². The number of hydrogen-bond donors (Lipinski definition) is 2. The third kappa shape index (κ3) is 4.67. The van der Waals surface area contributed by atoms with Gasteiger partial charge in [0.15, 0.2) is 0 Å².